The van der Waals surface area contributed by atoms with Gasteiger partial charge in [0.25, 0.3) is 0 Å². The van der Waals surface area contributed by atoms with Gasteiger partial charge in [0.15, 0.2) is 0 Å². The molecule has 0 heterocycles. The zero-order valence-corrected chi connectivity index (χ0v) is 19.2. The van der Waals surface area contributed by atoms with E-state index in [2.05, 4.69) is 35.8 Å². The largest absolute Gasteiger partial charge is 0.241 e. The first-order valence-corrected chi connectivity index (χ1v) is 15.2. The summed E-state index contributed by atoms with van der Waals surface area (Å²) in [6, 6.07) is 11.2. The highest BCUT2D eigenvalue weighted by Gasteiger charge is 2.26. The second kappa shape index (κ2) is 8.40. The Balaban J connectivity index is 1.97. The van der Waals surface area contributed by atoms with Crippen molar-refractivity contribution in [3.63, 3.8) is 0 Å². The molecule has 0 spiro atoms. The lowest BCUT2D eigenvalue weighted by Crippen LogP contribution is -2.38. The predicted octanol–water partition coefficient (Wildman–Crippen LogP) is 5.32. The number of rotatable bonds is 4. The third-order valence-corrected chi connectivity index (χ3v) is 7.94. The van der Waals surface area contributed by atoms with E-state index in [1.807, 2.05) is 37.3 Å². The van der Waals surface area contributed by atoms with Crippen LogP contribution in [-0.4, -0.2) is 22.5 Å². The molecule has 0 amide bonds. The van der Waals surface area contributed by atoms with E-state index < -0.39 is 18.1 Å². The van der Waals surface area contributed by atoms with Crippen LogP contribution in [0, 0.1) is 17.4 Å². The maximum atomic E-state index is 13.2. The van der Waals surface area contributed by atoms with Gasteiger partial charge in [0.2, 0.25) is 10.0 Å². The topological polar surface area (TPSA) is 46.2 Å². The molecule has 2 aromatic carbocycles. The van der Waals surface area contributed by atoms with Crippen LogP contribution in [0.15, 0.2) is 41.3 Å². The first-order chi connectivity index (χ1) is 13.2. The molecule has 0 aliphatic heterocycles. The molecule has 1 aliphatic carbocycles. The number of hydrogen-bond acceptors (Lipinski definition) is 2. The fraction of sp³-hybridized carbons (Fsp3) is 0.478. The van der Waals surface area contributed by atoms with E-state index in [1.54, 1.807) is 6.07 Å². The summed E-state index contributed by atoms with van der Waals surface area (Å²) < 4.78 is 29.3. The number of nitrogens with one attached hydrogen (secondary N) is 1. The molecule has 1 saturated carbocycles. The number of sulfonamides is 1. The summed E-state index contributed by atoms with van der Waals surface area (Å²) in [5.74, 6) is 3.72. The molecular weight excluding hydrogens is 382 g/mol. The van der Waals surface area contributed by atoms with Crippen LogP contribution in [0.1, 0.15) is 44.6 Å². The van der Waals surface area contributed by atoms with Crippen molar-refractivity contribution >= 4 is 28.9 Å². The van der Waals surface area contributed by atoms with Crippen molar-refractivity contribution < 1.29 is 8.42 Å². The standard InChI is InChI=1S/C23H31NO2SSi/c1-18(19-10-6-5-7-11-19)24-27(25,26)23-15-14-20(16-17-28(2,3)4)21-12-8-9-13-22(21)23/h8-9,12-15,18-19,24H,5-7,10-11H2,1-4H3. The van der Waals surface area contributed by atoms with Crippen LogP contribution in [0.3, 0.4) is 0 Å². The second-order valence-electron chi connectivity index (χ2n) is 8.96. The summed E-state index contributed by atoms with van der Waals surface area (Å²) in [7, 11) is -5.10. The van der Waals surface area contributed by atoms with Crippen molar-refractivity contribution in [2.75, 3.05) is 0 Å². The van der Waals surface area contributed by atoms with Crippen LogP contribution in [-0.2, 0) is 10.0 Å². The van der Waals surface area contributed by atoms with Crippen molar-refractivity contribution in [2.45, 2.75) is 69.6 Å². The molecule has 0 saturated heterocycles. The molecular formula is C23H31NO2SSi. The molecule has 150 valence electrons. The minimum Gasteiger partial charge on any atom is -0.208 e. The van der Waals surface area contributed by atoms with Crippen LogP contribution in [0.2, 0.25) is 19.6 Å². The first kappa shape index (κ1) is 21.1. The third kappa shape index (κ3) is 5.05. The summed E-state index contributed by atoms with van der Waals surface area (Å²) in [6.07, 6.45) is 5.88. The Kier molecular flexibility index (Phi) is 6.33. The summed E-state index contributed by atoms with van der Waals surface area (Å²) in [6.45, 7) is 8.62. The van der Waals surface area contributed by atoms with Gasteiger partial charge in [-0.1, -0.05) is 69.1 Å². The number of benzene rings is 2. The van der Waals surface area contributed by atoms with Crippen molar-refractivity contribution in [3.8, 4) is 11.5 Å². The highest BCUT2D eigenvalue weighted by molar-refractivity contribution is 7.89. The van der Waals surface area contributed by atoms with Crippen LogP contribution in [0.5, 0.6) is 0 Å². The Morgan fingerprint density at radius 2 is 1.64 bits per heavy atom. The predicted molar refractivity (Wildman–Crippen MR) is 121 cm³/mol. The van der Waals surface area contributed by atoms with Crippen molar-refractivity contribution in [2.24, 2.45) is 5.92 Å². The lowest BCUT2D eigenvalue weighted by atomic mass is 9.85. The van der Waals surface area contributed by atoms with E-state index in [0.29, 0.717) is 10.8 Å². The lowest BCUT2D eigenvalue weighted by molar-refractivity contribution is 0.303. The van der Waals surface area contributed by atoms with Gasteiger partial charge in [-0.25, -0.2) is 13.1 Å². The van der Waals surface area contributed by atoms with Crippen LogP contribution in [0.25, 0.3) is 10.8 Å². The SMILES string of the molecule is CC(NS(=O)(=O)c1ccc(C#C[Si](C)(C)C)c2ccccc12)C1CCCCC1. The molecule has 3 rings (SSSR count). The van der Waals surface area contributed by atoms with Crippen molar-refractivity contribution in [1.82, 2.24) is 4.72 Å². The average molecular weight is 414 g/mol. The number of hydrogen-bond donors (Lipinski definition) is 1. The molecule has 0 aromatic heterocycles. The van der Waals surface area contributed by atoms with E-state index in [9.17, 15) is 8.42 Å². The van der Waals surface area contributed by atoms with Gasteiger partial charge in [0.05, 0.1) is 4.90 Å². The van der Waals surface area contributed by atoms with Gasteiger partial charge < -0.3 is 0 Å². The normalized spacial score (nSPS) is 17.1. The van der Waals surface area contributed by atoms with Gasteiger partial charge >= 0.3 is 0 Å². The van der Waals surface area contributed by atoms with Crippen molar-refractivity contribution in [3.05, 3.63) is 42.0 Å². The molecule has 0 radical (unpaired) electrons. The molecule has 1 unspecified atom stereocenters. The Labute approximate surface area is 171 Å². The van der Waals surface area contributed by atoms with Crippen LogP contribution >= 0.6 is 0 Å². The molecule has 3 nitrogen and oxygen atoms in total. The Morgan fingerprint density at radius 3 is 2.29 bits per heavy atom. The maximum Gasteiger partial charge on any atom is 0.241 e. The molecule has 1 atom stereocenters. The molecule has 5 heteroatoms. The number of fused-ring (bicyclic) bond motifs is 1. The zero-order chi connectivity index (χ0) is 20.4. The van der Waals surface area contributed by atoms with Gasteiger partial charge in [0.1, 0.15) is 8.07 Å². The third-order valence-electron chi connectivity index (χ3n) is 5.44. The molecule has 28 heavy (non-hydrogen) atoms. The molecule has 1 N–H and O–H groups in total. The van der Waals surface area contributed by atoms with Crippen molar-refractivity contribution in [1.29, 1.82) is 0 Å². The van der Waals surface area contributed by atoms with E-state index >= 15 is 0 Å². The second-order valence-corrected chi connectivity index (χ2v) is 15.4. The van der Waals surface area contributed by atoms with E-state index in [-0.39, 0.29) is 6.04 Å². The molecule has 2 aromatic rings. The average Bonchev–Trinajstić information content (AvgIpc) is 2.65. The maximum absolute atomic E-state index is 13.2. The van der Waals surface area contributed by atoms with Gasteiger partial charge in [-0.3, -0.25) is 0 Å². The smallest absolute Gasteiger partial charge is 0.208 e. The summed E-state index contributed by atoms with van der Waals surface area (Å²) >= 11 is 0. The van der Waals surface area contributed by atoms with Crippen LogP contribution < -0.4 is 4.72 Å². The Hall–Kier alpha value is -1.61. The van der Waals surface area contributed by atoms with Gasteiger partial charge in [-0.15, -0.1) is 5.54 Å². The Bertz CT molecular complexity index is 1010. The van der Waals surface area contributed by atoms with Gasteiger partial charge in [0, 0.05) is 17.0 Å². The fourth-order valence-electron chi connectivity index (χ4n) is 3.91. The minimum atomic E-state index is -3.59. The monoisotopic (exact) mass is 413 g/mol. The first-order valence-electron chi connectivity index (χ1n) is 10.2. The lowest BCUT2D eigenvalue weighted by Gasteiger charge is -2.28. The summed E-state index contributed by atoms with van der Waals surface area (Å²) in [5, 5.41) is 1.65. The quantitative estimate of drug-likeness (QED) is 0.545. The minimum absolute atomic E-state index is 0.0459. The van der Waals surface area contributed by atoms with Gasteiger partial charge in [-0.05, 0) is 43.2 Å². The Morgan fingerprint density at radius 1 is 1.00 bits per heavy atom. The van der Waals surface area contributed by atoms with E-state index in [0.717, 1.165) is 29.2 Å². The zero-order valence-electron chi connectivity index (χ0n) is 17.4. The van der Waals surface area contributed by atoms with E-state index in [1.165, 1.54) is 19.3 Å². The summed E-state index contributed by atoms with van der Waals surface area (Å²) in [4.78, 5) is 0.351. The highest BCUT2D eigenvalue weighted by atomic mass is 32.2. The van der Waals surface area contributed by atoms with E-state index in [4.69, 9.17) is 0 Å². The highest BCUT2D eigenvalue weighted by Crippen LogP contribution is 2.29. The summed E-state index contributed by atoms with van der Waals surface area (Å²) in [5.41, 5.74) is 4.29. The molecule has 0 bridgehead atoms. The fourth-order valence-corrected chi connectivity index (χ4v) is 5.94. The molecule has 1 fully saturated rings. The van der Waals surface area contributed by atoms with Crippen LogP contribution in [0.4, 0.5) is 0 Å². The molecule has 1 aliphatic rings. The van der Waals surface area contributed by atoms with Gasteiger partial charge in [-0.2, -0.15) is 0 Å².